The number of benzene rings is 2. The van der Waals surface area contributed by atoms with Crippen LogP contribution in [-0.2, 0) is 0 Å². The Kier molecular flexibility index (Phi) is 4.79. The minimum Gasteiger partial charge on any atom is -0.497 e. The third-order valence-electron chi connectivity index (χ3n) is 3.98. The molecule has 0 saturated carbocycles. The third-order valence-corrected chi connectivity index (χ3v) is 3.98. The number of hydrogen-bond donors (Lipinski definition) is 1. The Morgan fingerprint density at radius 1 is 1.08 bits per heavy atom. The number of carbonyl (C=O) groups excluding carboxylic acids is 1. The van der Waals surface area contributed by atoms with Gasteiger partial charge in [0.05, 0.1) is 19.8 Å². The zero-order chi connectivity index (χ0) is 16.9. The minimum atomic E-state index is -0.0971. The van der Waals surface area contributed by atoms with Crippen LogP contribution in [0.2, 0.25) is 0 Å². The van der Waals surface area contributed by atoms with E-state index in [2.05, 4.69) is 10.3 Å². The summed E-state index contributed by atoms with van der Waals surface area (Å²) in [4.78, 5) is 17.6. The molecule has 0 saturated heterocycles. The summed E-state index contributed by atoms with van der Waals surface area (Å²) >= 11 is 0. The van der Waals surface area contributed by atoms with Crippen molar-refractivity contribution in [3.05, 3.63) is 59.2 Å². The van der Waals surface area contributed by atoms with Gasteiger partial charge >= 0.3 is 0 Å². The molecule has 0 atom stereocenters. The SMILES string of the molecule is COc1ccc(C(=O)c2ccccc2C2=NCCCN2)c(OC)c1. The van der Waals surface area contributed by atoms with Gasteiger partial charge in [-0.1, -0.05) is 24.3 Å². The van der Waals surface area contributed by atoms with Crippen molar-refractivity contribution < 1.29 is 14.3 Å². The van der Waals surface area contributed by atoms with Crippen LogP contribution in [0.4, 0.5) is 0 Å². The fraction of sp³-hybridized carbons (Fsp3) is 0.263. The number of methoxy groups -OCH3 is 2. The number of rotatable bonds is 5. The van der Waals surface area contributed by atoms with Crippen LogP contribution >= 0.6 is 0 Å². The van der Waals surface area contributed by atoms with Gasteiger partial charge in [-0.25, -0.2) is 0 Å². The Bertz CT molecular complexity index is 784. The fourth-order valence-electron chi connectivity index (χ4n) is 2.73. The Labute approximate surface area is 141 Å². The second kappa shape index (κ2) is 7.17. The molecule has 5 nitrogen and oxygen atoms in total. The Morgan fingerprint density at radius 2 is 1.92 bits per heavy atom. The molecule has 3 rings (SSSR count). The van der Waals surface area contributed by atoms with Crippen LogP contribution in [-0.4, -0.2) is 38.9 Å². The zero-order valence-corrected chi connectivity index (χ0v) is 13.8. The van der Waals surface area contributed by atoms with E-state index in [0.717, 1.165) is 30.9 Å². The summed E-state index contributed by atoms with van der Waals surface area (Å²) < 4.78 is 10.6. The van der Waals surface area contributed by atoms with E-state index in [1.165, 1.54) is 0 Å². The number of nitrogens with zero attached hydrogens (tertiary/aromatic N) is 1. The summed E-state index contributed by atoms with van der Waals surface area (Å²) in [6.07, 6.45) is 1.01. The van der Waals surface area contributed by atoms with Crippen molar-refractivity contribution in [2.24, 2.45) is 4.99 Å². The van der Waals surface area contributed by atoms with E-state index >= 15 is 0 Å². The second-order valence-electron chi connectivity index (χ2n) is 5.45. The number of ketones is 1. The molecule has 0 aliphatic carbocycles. The summed E-state index contributed by atoms with van der Waals surface area (Å²) in [5.41, 5.74) is 1.93. The monoisotopic (exact) mass is 324 g/mol. The highest BCUT2D eigenvalue weighted by Gasteiger charge is 2.20. The molecule has 0 fully saturated rings. The number of aliphatic imine (C=N–C) groups is 1. The Balaban J connectivity index is 2.04. The van der Waals surface area contributed by atoms with Gasteiger partial charge in [0.15, 0.2) is 5.78 Å². The first-order chi connectivity index (χ1) is 11.7. The molecule has 1 heterocycles. The molecule has 124 valence electrons. The molecule has 0 radical (unpaired) electrons. The first-order valence-electron chi connectivity index (χ1n) is 7.89. The molecule has 0 amide bonds. The molecule has 0 unspecified atom stereocenters. The first kappa shape index (κ1) is 16.1. The smallest absolute Gasteiger partial charge is 0.197 e. The molecule has 0 bridgehead atoms. The summed E-state index contributed by atoms with van der Waals surface area (Å²) in [6, 6.07) is 12.7. The Hall–Kier alpha value is -2.82. The van der Waals surface area contributed by atoms with Gasteiger partial charge in [-0.05, 0) is 18.6 Å². The lowest BCUT2D eigenvalue weighted by molar-refractivity contribution is 0.103. The van der Waals surface area contributed by atoms with Crippen molar-refractivity contribution in [2.75, 3.05) is 27.3 Å². The third kappa shape index (κ3) is 3.11. The maximum atomic E-state index is 13.1. The van der Waals surface area contributed by atoms with Crippen molar-refractivity contribution in [3.63, 3.8) is 0 Å². The van der Waals surface area contributed by atoms with Gasteiger partial charge in [-0.3, -0.25) is 9.79 Å². The van der Waals surface area contributed by atoms with Crippen molar-refractivity contribution >= 4 is 11.6 Å². The molecule has 1 aliphatic rings. The van der Waals surface area contributed by atoms with Gasteiger partial charge in [0.2, 0.25) is 0 Å². The molecular weight excluding hydrogens is 304 g/mol. The van der Waals surface area contributed by atoms with Gasteiger partial charge in [-0.15, -0.1) is 0 Å². The molecule has 2 aromatic carbocycles. The largest absolute Gasteiger partial charge is 0.497 e. The van der Waals surface area contributed by atoms with E-state index in [4.69, 9.17) is 9.47 Å². The van der Waals surface area contributed by atoms with Crippen molar-refractivity contribution in [1.29, 1.82) is 0 Å². The van der Waals surface area contributed by atoms with Crippen LogP contribution in [0.3, 0.4) is 0 Å². The highest BCUT2D eigenvalue weighted by Crippen LogP contribution is 2.27. The Morgan fingerprint density at radius 3 is 2.62 bits per heavy atom. The van der Waals surface area contributed by atoms with Crippen LogP contribution in [0.1, 0.15) is 27.9 Å². The van der Waals surface area contributed by atoms with E-state index in [0.29, 0.717) is 22.6 Å². The molecule has 1 aliphatic heterocycles. The number of hydrogen-bond acceptors (Lipinski definition) is 5. The van der Waals surface area contributed by atoms with Crippen LogP contribution in [0.5, 0.6) is 11.5 Å². The quantitative estimate of drug-likeness (QED) is 0.859. The average Bonchev–Trinajstić information content (AvgIpc) is 2.67. The minimum absolute atomic E-state index is 0.0971. The summed E-state index contributed by atoms with van der Waals surface area (Å²) in [5.74, 6) is 1.82. The lowest BCUT2D eigenvalue weighted by atomic mass is 9.96. The summed E-state index contributed by atoms with van der Waals surface area (Å²) in [7, 11) is 3.13. The second-order valence-corrected chi connectivity index (χ2v) is 5.45. The molecule has 2 aromatic rings. The normalized spacial score (nSPS) is 13.7. The van der Waals surface area contributed by atoms with E-state index in [-0.39, 0.29) is 5.78 Å². The van der Waals surface area contributed by atoms with Crippen LogP contribution in [0.15, 0.2) is 47.5 Å². The highest BCUT2D eigenvalue weighted by atomic mass is 16.5. The van der Waals surface area contributed by atoms with Crippen LogP contribution in [0, 0.1) is 0 Å². The molecule has 0 aromatic heterocycles. The van der Waals surface area contributed by atoms with E-state index < -0.39 is 0 Å². The van der Waals surface area contributed by atoms with Crippen molar-refractivity contribution in [2.45, 2.75) is 6.42 Å². The molecule has 24 heavy (non-hydrogen) atoms. The fourth-order valence-corrected chi connectivity index (χ4v) is 2.73. The van der Waals surface area contributed by atoms with Gasteiger partial charge in [0.1, 0.15) is 17.3 Å². The lowest BCUT2D eigenvalue weighted by Gasteiger charge is -2.17. The van der Waals surface area contributed by atoms with Crippen molar-refractivity contribution in [3.8, 4) is 11.5 Å². The van der Waals surface area contributed by atoms with Gasteiger partial charge in [0, 0.05) is 30.3 Å². The highest BCUT2D eigenvalue weighted by molar-refractivity contribution is 6.17. The maximum absolute atomic E-state index is 13.1. The number of ether oxygens (including phenoxy) is 2. The molecule has 5 heteroatoms. The van der Waals surface area contributed by atoms with E-state index in [9.17, 15) is 4.79 Å². The van der Waals surface area contributed by atoms with E-state index in [1.807, 2.05) is 24.3 Å². The number of carbonyl (C=O) groups is 1. The zero-order valence-electron chi connectivity index (χ0n) is 13.8. The predicted octanol–water partition coefficient (Wildman–Crippen LogP) is 2.67. The van der Waals surface area contributed by atoms with Gasteiger partial charge in [0.25, 0.3) is 0 Å². The van der Waals surface area contributed by atoms with Crippen molar-refractivity contribution in [1.82, 2.24) is 5.32 Å². The van der Waals surface area contributed by atoms with Crippen LogP contribution in [0.25, 0.3) is 0 Å². The standard InChI is InChI=1S/C19H20N2O3/c1-23-13-8-9-16(17(12-13)24-2)18(22)14-6-3-4-7-15(14)19-20-10-5-11-21-19/h3-4,6-9,12H,5,10-11H2,1-2H3,(H,20,21). The predicted molar refractivity (Wildman–Crippen MR) is 93.4 cm³/mol. The van der Waals surface area contributed by atoms with E-state index in [1.54, 1.807) is 32.4 Å². The summed E-state index contributed by atoms with van der Waals surface area (Å²) in [5, 5.41) is 3.28. The average molecular weight is 324 g/mol. The number of amidine groups is 1. The summed E-state index contributed by atoms with van der Waals surface area (Å²) in [6.45, 7) is 1.64. The molecule has 1 N–H and O–H groups in total. The van der Waals surface area contributed by atoms with Gasteiger partial charge < -0.3 is 14.8 Å². The molecular formula is C19H20N2O3. The lowest BCUT2D eigenvalue weighted by Crippen LogP contribution is -2.31. The van der Waals surface area contributed by atoms with Gasteiger partial charge in [-0.2, -0.15) is 0 Å². The number of nitrogens with one attached hydrogen (secondary N) is 1. The molecule has 0 spiro atoms. The first-order valence-corrected chi connectivity index (χ1v) is 7.89. The topological polar surface area (TPSA) is 59.9 Å². The van der Waals surface area contributed by atoms with Crippen LogP contribution < -0.4 is 14.8 Å². The maximum Gasteiger partial charge on any atom is 0.197 e.